The van der Waals surface area contributed by atoms with Crippen LogP contribution in [0.4, 0.5) is 45.2 Å². The zero-order valence-electron chi connectivity index (χ0n) is 10.1. The Hall–Kier alpha value is -2.01. The molecule has 0 radical (unpaired) electrons. The van der Waals surface area contributed by atoms with Crippen LogP contribution < -0.4 is 0 Å². The second-order valence-electron chi connectivity index (χ2n) is 3.90. The number of rotatable bonds is 4. The van der Waals surface area contributed by atoms with Crippen molar-refractivity contribution in [2.45, 2.75) is 24.1 Å². The van der Waals surface area contributed by atoms with E-state index in [1.54, 1.807) is 5.11 Å². The molecule has 0 saturated heterocycles. The van der Waals surface area contributed by atoms with Crippen LogP contribution in [0.1, 0.15) is 0 Å². The van der Waals surface area contributed by atoms with Gasteiger partial charge in [-0.15, -0.1) is 5.11 Å². The predicted octanol–water partition coefficient (Wildman–Crippen LogP) is 4.90. The van der Waals surface area contributed by atoms with Gasteiger partial charge in [-0.3, -0.25) is 0 Å². The summed E-state index contributed by atoms with van der Waals surface area (Å²) in [5, 5.41) is 12.9. The molecule has 1 rings (SSSR count). The van der Waals surface area contributed by atoms with E-state index in [0.717, 1.165) is 24.3 Å². The molecular weight excluding hydrogens is 335 g/mol. The Morgan fingerprint density at radius 1 is 0.727 bits per heavy atom. The molecule has 0 aromatic heterocycles. The maximum absolute atomic E-state index is 13.0. The molecule has 1 N–H and O–H groups in total. The number of phenolic OH excluding ortho intramolecular Hbond substituents is 1. The minimum absolute atomic E-state index is 0.361. The molecular formula is C10H5F9N2O. The lowest BCUT2D eigenvalue weighted by atomic mass is 10.1. The van der Waals surface area contributed by atoms with Gasteiger partial charge in [0.2, 0.25) is 0 Å². The number of alkyl halides is 9. The van der Waals surface area contributed by atoms with Crippen LogP contribution in [0, 0.1) is 0 Å². The average Bonchev–Trinajstić information content (AvgIpc) is 2.36. The van der Waals surface area contributed by atoms with Crippen molar-refractivity contribution in [2.75, 3.05) is 0 Å². The maximum atomic E-state index is 13.0. The quantitative estimate of drug-likeness (QED) is 0.473. The van der Waals surface area contributed by atoms with Crippen molar-refractivity contribution in [3.8, 4) is 5.75 Å². The average molecular weight is 340 g/mol. The van der Waals surface area contributed by atoms with Crippen molar-refractivity contribution >= 4 is 5.69 Å². The van der Waals surface area contributed by atoms with Crippen LogP contribution in [0.25, 0.3) is 0 Å². The Labute approximate surface area is 116 Å². The van der Waals surface area contributed by atoms with Gasteiger partial charge in [-0.05, 0) is 24.3 Å². The lowest BCUT2D eigenvalue weighted by Crippen LogP contribution is -2.60. The second kappa shape index (κ2) is 5.32. The van der Waals surface area contributed by atoms with E-state index in [-0.39, 0.29) is 5.75 Å². The second-order valence-corrected chi connectivity index (χ2v) is 3.90. The highest BCUT2D eigenvalue weighted by Gasteiger charge is 2.82. The van der Waals surface area contributed by atoms with E-state index in [0.29, 0.717) is 0 Å². The van der Waals surface area contributed by atoms with Crippen molar-refractivity contribution in [1.82, 2.24) is 0 Å². The van der Waals surface area contributed by atoms with Gasteiger partial charge >= 0.3 is 24.1 Å². The van der Waals surface area contributed by atoms with Crippen molar-refractivity contribution in [3.05, 3.63) is 24.3 Å². The molecule has 0 saturated carbocycles. The number of aromatic hydroxyl groups is 1. The fraction of sp³-hybridized carbons (Fsp3) is 0.400. The Bertz CT molecular complexity index is 551. The van der Waals surface area contributed by atoms with E-state index >= 15 is 0 Å². The van der Waals surface area contributed by atoms with Gasteiger partial charge in [-0.1, -0.05) is 0 Å². The highest BCUT2D eigenvalue weighted by molar-refractivity contribution is 5.39. The number of halogens is 9. The number of hydrogen-bond acceptors (Lipinski definition) is 3. The molecule has 124 valence electrons. The minimum atomic E-state index is -7.02. The molecule has 1 aromatic rings. The van der Waals surface area contributed by atoms with E-state index in [1.165, 1.54) is 0 Å². The van der Waals surface area contributed by atoms with Crippen LogP contribution in [-0.4, -0.2) is 29.2 Å². The van der Waals surface area contributed by atoms with E-state index < -0.39 is 29.8 Å². The fourth-order valence-electron chi connectivity index (χ4n) is 1.07. The van der Waals surface area contributed by atoms with Gasteiger partial charge in [0.15, 0.2) is 0 Å². The molecule has 0 aliphatic heterocycles. The molecule has 0 aliphatic rings. The molecule has 0 bridgehead atoms. The Morgan fingerprint density at radius 3 is 1.59 bits per heavy atom. The summed E-state index contributed by atoms with van der Waals surface area (Å²) < 4.78 is 112. The highest BCUT2D eigenvalue weighted by atomic mass is 19.4. The monoisotopic (exact) mass is 340 g/mol. The van der Waals surface area contributed by atoms with Gasteiger partial charge in [-0.25, -0.2) is 0 Å². The molecule has 0 fully saturated rings. The van der Waals surface area contributed by atoms with Crippen molar-refractivity contribution in [2.24, 2.45) is 10.2 Å². The van der Waals surface area contributed by atoms with E-state index in [4.69, 9.17) is 5.11 Å². The fourth-order valence-corrected chi connectivity index (χ4v) is 1.07. The van der Waals surface area contributed by atoms with Crippen LogP contribution >= 0.6 is 0 Å². The van der Waals surface area contributed by atoms with Gasteiger partial charge in [0.25, 0.3) is 0 Å². The predicted molar refractivity (Wildman–Crippen MR) is 53.5 cm³/mol. The van der Waals surface area contributed by atoms with E-state index in [2.05, 4.69) is 5.11 Å². The van der Waals surface area contributed by atoms with Gasteiger partial charge in [-0.2, -0.15) is 44.6 Å². The van der Waals surface area contributed by atoms with Crippen LogP contribution in [0.5, 0.6) is 5.75 Å². The normalized spacial score (nSPS) is 14.6. The number of phenols is 1. The summed E-state index contributed by atoms with van der Waals surface area (Å²) in [4.78, 5) is 0. The molecule has 22 heavy (non-hydrogen) atoms. The van der Waals surface area contributed by atoms with Crippen LogP contribution in [0.3, 0.4) is 0 Å². The molecule has 0 spiro atoms. The summed E-state index contributed by atoms with van der Waals surface area (Å²) in [6, 6.07) is -2.81. The van der Waals surface area contributed by atoms with Crippen molar-refractivity contribution in [1.29, 1.82) is 0 Å². The van der Waals surface area contributed by atoms with Gasteiger partial charge < -0.3 is 5.11 Å². The largest absolute Gasteiger partial charge is 0.508 e. The molecule has 12 heteroatoms. The SMILES string of the molecule is Oc1ccc(N=NC(F)(F)C(F)(F)C(F)(F)C(F)(F)F)cc1. The van der Waals surface area contributed by atoms with E-state index in [1.807, 2.05) is 0 Å². The molecule has 0 amide bonds. The number of nitrogens with zero attached hydrogens (tertiary/aromatic N) is 2. The van der Waals surface area contributed by atoms with Crippen LogP contribution in [0.15, 0.2) is 34.5 Å². The third kappa shape index (κ3) is 3.09. The zero-order chi connectivity index (χ0) is 17.4. The first-order valence-corrected chi connectivity index (χ1v) is 5.14. The van der Waals surface area contributed by atoms with Gasteiger partial charge in [0, 0.05) is 0 Å². The zero-order valence-corrected chi connectivity index (χ0v) is 10.1. The Morgan fingerprint density at radius 2 is 1.18 bits per heavy atom. The summed E-state index contributed by atoms with van der Waals surface area (Å²) >= 11 is 0. The third-order valence-corrected chi connectivity index (χ3v) is 2.27. The molecule has 0 atom stereocenters. The van der Waals surface area contributed by atoms with Crippen LogP contribution in [0.2, 0.25) is 0 Å². The highest BCUT2D eigenvalue weighted by Crippen LogP contribution is 2.53. The number of hydrogen-bond donors (Lipinski definition) is 1. The number of benzene rings is 1. The molecule has 0 heterocycles. The Kier molecular flexibility index (Phi) is 4.36. The molecule has 3 nitrogen and oxygen atoms in total. The first-order valence-electron chi connectivity index (χ1n) is 5.14. The van der Waals surface area contributed by atoms with Crippen molar-refractivity contribution < 1.29 is 44.6 Å². The summed E-state index contributed by atoms with van der Waals surface area (Å²) in [6.07, 6.45) is -6.91. The summed E-state index contributed by atoms with van der Waals surface area (Å²) in [5.74, 6) is -14.2. The minimum Gasteiger partial charge on any atom is -0.508 e. The Balaban J connectivity index is 3.13. The first kappa shape index (κ1) is 18.0. The molecule has 0 unspecified atom stereocenters. The van der Waals surface area contributed by atoms with Gasteiger partial charge in [0.1, 0.15) is 5.75 Å². The third-order valence-electron chi connectivity index (χ3n) is 2.27. The summed E-state index contributed by atoms with van der Waals surface area (Å²) in [6.45, 7) is 0. The first-order chi connectivity index (χ1) is 9.72. The molecule has 0 aliphatic carbocycles. The lowest BCUT2D eigenvalue weighted by Gasteiger charge is -2.30. The number of azo groups is 1. The summed E-state index contributed by atoms with van der Waals surface area (Å²) in [7, 11) is 0. The lowest BCUT2D eigenvalue weighted by molar-refractivity contribution is -0.395. The van der Waals surface area contributed by atoms with Gasteiger partial charge in [0.05, 0.1) is 5.69 Å². The maximum Gasteiger partial charge on any atom is 0.460 e. The van der Waals surface area contributed by atoms with Crippen molar-refractivity contribution in [3.63, 3.8) is 0 Å². The smallest absolute Gasteiger partial charge is 0.460 e. The summed E-state index contributed by atoms with van der Waals surface area (Å²) in [5.41, 5.74) is -0.580. The standard InChI is InChI=1S/C10H5F9N2O/c11-7(12,9(15,16)17)8(13,14)10(18,19)21-20-5-1-3-6(22)4-2-5/h1-4,22H. The molecule has 1 aromatic carbocycles. The van der Waals surface area contributed by atoms with Crippen LogP contribution in [-0.2, 0) is 0 Å². The van der Waals surface area contributed by atoms with E-state index in [9.17, 15) is 39.5 Å². The topological polar surface area (TPSA) is 45.0 Å².